The Morgan fingerprint density at radius 3 is 1.83 bits per heavy atom. The van der Waals surface area contributed by atoms with E-state index >= 15 is 0 Å². The molecular weight excluding hydrogens is 661 g/mol. The Hall–Kier alpha value is -3.89. The summed E-state index contributed by atoms with van der Waals surface area (Å²) in [4.78, 5) is 32.3. The molecule has 0 radical (unpaired) electrons. The van der Waals surface area contributed by atoms with Crippen molar-refractivity contribution in [3.63, 3.8) is 0 Å². The van der Waals surface area contributed by atoms with Crippen LogP contribution in [0.2, 0.25) is 15.1 Å². The molecule has 0 atom stereocenters. The fraction of sp³-hybridized carbons (Fsp3) is 0.0345. The molecule has 5 aromatic rings. The van der Waals surface area contributed by atoms with Gasteiger partial charge in [0.2, 0.25) is 0 Å². The van der Waals surface area contributed by atoms with Gasteiger partial charge in [-0.2, -0.15) is 0 Å². The molecule has 5 rings (SSSR count). The van der Waals surface area contributed by atoms with Gasteiger partial charge < -0.3 is 19.8 Å². The van der Waals surface area contributed by atoms with Gasteiger partial charge in [0, 0.05) is 10.0 Å². The van der Waals surface area contributed by atoms with E-state index in [1.54, 1.807) is 42.5 Å². The lowest BCUT2D eigenvalue weighted by Gasteiger charge is -2.03. The average molecular weight is 680 g/mol. The zero-order valence-corrected chi connectivity index (χ0v) is 24.8. The van der Waals surface area contributed by atoms with Crippen LogP contribution in [-0.2, 0) is 0 Å². The van der Waals surface area contributed by atoms with Gasteiger partial charge in [0.05, 0.1) is 26.2 Å². The molecule has 210 valence electrons. The molecule has 8 nitrogen and oxygen atoms in total. The van der Waals surface area contributed by atoms with Gasteiger partial charge in [-0.25, -0.2) is 14.4 Å². The van der Waals surface area contributed by atoms with Crippen molar-refractivity contribution in [1.29, 1.82) is 0 Å². The van der Waals surface area contributed by atoms with Crippen LogP contribution in [0.3, 0.4) is 0 Å². The summed E-state index contributed by atoms with van der Waals surface area (Å²) in [5, 5.41) is 33.1. The van der Waals surface area contributed by atoms with Gasteiger partial charge in [-0.1, -0.05) is 88.5 Å². The lowest BCUT2D eigenvalue weighted by Crippen LogP contribution is -1.99. The van der Waals surface area contributed by atoms with E-state index in [1.807, 2.05) is 30.3 Å². The zero-order valence-electron chi connectivity index (χ0n) is 20.9. The van der Waals surface area contributed by atoms with Gasteiger partial charge in [0.1, 0.15) is 17.0 Å². The maximum atomic E-state index is 11.1. The van der Waals surface area contributed by atoms with Crippen LogP contribution in [0.4, 0.5) is 0 Å². The summed E-state index contributed by atoms with van der Waals surface area (Å²) in [6.45, 7) is 1.52. The largest absolute Gasteiger partial charge is 0.478 e. The minimum atomic E-state index is -1.13. The number of benzene rings is 4. The molecule has 1 heterocycles. The number of aromatic nitrogens is 1. The number of fused-ring (bicyclic) bond motifs is 1. The summed E-state index contributed by atoms with van der Waals surface area (Å²) in [7, 11) is 0. The molecule has 0 saturated carbocycles. The number of carboxylic acids is 3. The summed E-state index contributed by atoms with van der Waals surface area (Å²) in [6.07, 6.45) is 0. The maximum Gasteiger partial charge on any atom is 0.341 e. The zero-order chi connectivity index (χ0) is 30.3. The summed E-state index contributed by atoms with van der Waals surface area (Å²) < 4.78 is 5.51. The van der Waals surface area contributed by atoms with Crippen LogP contribution in [0.25, 0.3) is 22.0 Å². The number of hydrogen-bond donors (Lipinski definition) is 3. The molecule has 0 aliphatic rings. The molecule has 41 heavy (non-hydrogen) atoms. The van der Waals surface area contributed by atoms with Crippen molar-refractivity contribution < 1.29 is 34.2 Å². The van der Waals surface area contributed by atoms with Gasteiger partial charge in [-0.3, -0.25) is 0 Å². The molecule has 0 spiro atoms. The second-order valence-electron chi connectivity index (χ2n) is 8.10. The van der Waals surface area contributed by atoms with E-state index in [9.17, 15) is 14.4 Å². The minimum absolute atomic E-state index is 0.0278. The van der Waals surface area contributed by atoms with Crippen molar-refractivity contribution in [2.45, 2.75) is 6.92 Å². The minimum Gasteiger partial charge on any atom is -0.478 e. The fourth-order valence-electron chi connectivity index (χ4n) is 3.55. The molecule has 0 unspecified atom stereocenters. The molecule has 0 aliphatic carbocycles. The van der Waals surface area contributed by atoms with Crippen LogP contribution in [0.15, 0.2) is 87.9 Å². The maximum absolute atomic E-state index is 11.1. The van der Waals surface area contributed by atoms with Crippen molar-refractivity contribution in [2.75, 3.05) is 0 Å². The van der Waals surface area contributed by atoms with Crippen molar-refractivity contribution in [2.24, 2.45) is 0 Å². The normalized spacial score (nSPS) is 10.2. The number of aryl methyl sites for hydroxylation is 1. The number of rotatable bonds is 4. The second kappa shape index (κ2) is 14.1. The first-order chi connectivity index (χ1) is 19.4. The number of halogens is 4. The van der Waals surface area contributed by atoms with E-state index in [4.69, 9.17) is 54.6 Å². The molecule has 0 bridgehead atoms. The van der Waals surface area contributed by atoms with Crippen LogP contribution in [0.5, 0.6) is 0 Å². The number of nitrogens with zero attached hydrogens (tertiary/aromatic N) is 1. The van der Waals surface area contributed by atoms with Crippen LogP contribution in [0.1, 0.15) is 36.8 Å². The molecule has 12 heteroatoms. The highest BCUT2D eigenvalue weighted by molar-refractivity contribution is 9.10. The van der Waals surface area contributed by atoms with Gasteiger partial charge in [-0.05, 0) is 64.0 Å². The number of carboxylic acid groups (broad SMARTS) is 3. The van der Waals surface area contributed by atoms with E-state index in [-0.39, 0.29) is 27.6 Å². The Balaban J connectivity index is 0.000000175. The van der Waals surface area contributed by atoms with Gasteiger partial charge in [0.25, 0.3) is 0 Å². The Bertz CT molecular complexity index is 1730. The lowest BCUT2D eigenvalue weighted by molar-refractivity contribution is 0.0685. The fourth-order valence-corrected chi connectivity index (χ4v) is 5.01. The standard InChI is InChI=1S/C11H7BrO2.C11H7Cl2NO3.C7H5ClO2/c12-10-8-4-2-1-3-7(8)5-6-9(10)11(13)14;1-5-8(11(15)16)10(14-17-5)9-6(12)3-2-4-7(9)13;8-6-4-2-1-3-5(6)7(9)10/h1-6H,(H,13,14);2-4H,1H3,(H,15,16);1-4H,(H,9,10). The summed E-state index contributed by atoms with van der Waals surface area (Å²) >= 11 is 20.8. The van der Waals surface area contributed by atoms with E-state index < -0.39 is 17.9 Å². The third-order valence-corrected chi connectivity index (χ3v) is 7.29. The first-order valence-electron chi connectivity index (χ1n) is 11.5. The molecular formula is C29H19BrCl3NO7. The highest BCUT2D eigenvalue weighted by atomic mass is 79.9. The lowest BCUT2D eigenvalue weighted by atomic mass is 10.1. The number of aromatic carboxylic acids is 3. The topological polar surface area (TPSA) is 138 Å². The van der Waals surface area contributed by atoms with E-state index in [0.29, 0.717) is 25.6 Å². The van der Waals surface area contributed by atoms with Crippen LogP contribution < -0.4 is 0 Å². The average Bonchev–Trinajstić information content (AvgIpc) is 3.30. The SMILES string of the molecule is Cc1onc(-c2c(Cl)cccc2Cl)c1C(=O)O.O=C(O)c1ccc2ccccc2c1Br.O=C(O)c1ccccc1Cl. The molecule has 1 aromatic heterocycles. The van der Waals surface area contributed by atoms with Crippen molar-refractivity contribution in [3.8, 4) is 11.3 Å². The summed E-state index contributed by atoms with van der Waals surface area (Å²) in [5.74, 6) is -2.83. The monoisotopic (exact) mass is 677 g/mol. The molecule has 0 fully saturated rings. The van der Waals surface area contributed by atoms with E-state index in [0.717, 1.165) is 10.8 Å². The molecule has 0 saturated heterocycles. The predicted molar refractivity (Wildman–Crippen MR) is 161 cm³/mol. The van der Waals surface area contributed by atoms with E-state index in [2.05, 4.69) is 21.1 Å². The number of hydrogen-bond acceptors (Lipinski definition) is 5. The second-order valence-corrected chi connectivity index (χ2v) is 10.1. The van der Waals surface area contributed by atoms with Crippen molar-refractivity contribution in [1.82, 2.24) is 5.16 Å². The third kappa shape index (κ3) is 7.65. The summed E-state index contributed by atoms with van der Waals surface area (Å²) in [6, 6.07) is 22.3. The molecule has 0 amide bonds. The van der Waals surface area contributed by atoms with Gasteiger partial charge >= 0.3 is 17.9 Å². The van der Waals surface area contributed by atoms with E-state index in [1.165, 1.54) is 13.0 Å². The van der Waals surface area contributed by atoms with Gasteiger partial charge in [0.15, 0.2) is 0 Å². The Kier molecular flexibility index (Phi) is 10.9. The van der Waals surface area contributed by atoms with Gasteiger partial charge in [-0.15, -0.1) is 0 Å². The van der Waals surface area contributed by atoms with Crippen LogP contribution in [0, 0.1) is 6.92 Å². The van der Waals surface area contributed by atoms with Crippen LogP contribution in [-0.4, -0.2) is 38.4 Å². The quantitative estimate of drug-likeness (QED) is 0.171. The highest BCUT2D eigenvalue weighted by Gasteiger charge is 2.24. The Morgan fingerprint density at radius 2 is 1.27 bits per heavy atom. The predicted octanol–water partition coefficient (Wildman–Crippen LogP) is 8.99. The van der Waals surface area contributed by atoms with Crippen LogP contribution >= 0.6 is 50.7 Å². The summed E-state index contributed by atoms with van der Waals surface area (Å²) in [5.41, 5.74) is 0.920. The molecule has 3 N–H and O–H groups in total. The number of carbonyl (C=O) groups is 3. The smallest absolute Gasteiger partial charge is 0.341 e. The van der Waals surface area contributed by atoms with Crippen molar-refractivity contribution in [3.05, 3.63) is 121 Å². The Labute approximate surface area is 256 Å². The molecule has 0 aliphatic heterocycles. The molecule has 4 aromatic carbocycles. The first-order valence-corrected chi connectivity index (χ1v) is 13.4. The van der Waals surface area contributed by atoms with Crippen molar-refractivity contribution >= 4 is 79.4 Å². The first kappa shape index (κ1) is 31.6. The third-order valence-electron chi connectivity index (χ3n) is 5.47. The Morgan fingerprint density at radius 1 is 0.707 bits per heavy atom. The highest BCUT2D eigenvalue weighted by Crippen LogP contribution is 2.36.